The number of hydrogen-bond donors (Lipinski definition) is 2. The second-order valence-electron chi connectivity index (χ2n) is 3.84. The number of aliphatic hydroxyl groups excluding tert-OH is 1. The van der Waals surface area contributed by atoms with Crippen molar-refractivity contribution < 1.29 is 27.1 Å². The first-order valence-corrected chi connectivity index (χ1v) is 6.79. The van der Waals surface area contributed by atoms with Crippen molar-refractivity contribution in [3.63, 3.8) is 0 Å². The number of rotatable bonds is 6. The van der Waals surface area contributed by atoms with Crippen molar-refractivity contribution in [1.82, 2.24) is 4.72 Å². The van der Waals surface area contributed by atoms with Gasteiger partial charge in [0, 0.05) is 12.1 Å². The molecule has 106 valence electrons. The highest BCUT2D eigenvalue weighted by Crippen LogP contribution is 2.12. The van der Waals surface area contributed by atoms with Crippen molar-refractivity contribution in [1.29, 1.82) is 0 Å². The summed E-state index contributed by atoms with van der Waals surface area (Å²) >= 11 is 0. The van der Waals surface area contributed by atoms with Gasteiger partial charge in [-0.15, -0.1) is 0 Å². The average molecular weight is 293 g/mol. The lowest BCUT2D eigenvalue weighted by atomic mass is 10.2. The molecule has 0 saturated heterocycles. The zero-order valence-corrected chi connectivity index (χ0v) is 10.8. The minimum Gasteiger partial charge on any atom is -0.386 e. The first-order chi connectivity index (χ1) is 8.74. The number of sulfonamides is 1. The van der Waals surface area contributed by atoms with E-state index in [9.17, 15) is 22.0 Å². The molecular weight excluding hydrogens is 280 g/mol. The summed E-state index contributed by atoms with van der Waals surface area (Å²) in [5.41, 5.74) is 0.192. The number of aliphatic hydroxyl groups is 1. The van der Waals surface area contributed by atoms with Gasteiger partial charge in [-0.25, -0.2) is 21.9 Å². The predicted molar refractivity (Wildman–Crippen MR) is 63.6 cm³/mol. The number of hydrogen-bond acceptors (Lipinski definition) is 4. The van der Waals surface area contributed by atoms with Gasteiger partial charge in [0.15, 0.2) is 5.78 Å². The van der Waals surface area contributed by atoms with E-state index in [1.165, 1.54) is 25.1 Å². The Balaban J connectivity index is 2.89. The van der Waals surface area contributed by atoms with E-state index >= 15 is 0 Å². The van der Waals surface area contributed by atoms with Gasteiger partial charge in [-0.3, -0.25) is 4.79 Å². The fraction of sp³-hybridized carbons (Fsp3) is 0.364. The van der Waals surface area contributed by atoms with Gasteiger partial charge in [0.2, 0.25) is 10.0 Å². The summed E-state index contributed by atoms with van der Waals surface area (Å²) in [4.78, 5) is 10.9. The Morgan fingerprint density at radius 3 is 2.58 bits per heavy atom. The van der Waals surface area contributed by atoms with Crippen molar-refractivity contribution >= 4 is 15.8 Å². The second-order valence-corrected chi connectivity index (χ2v) is 5.60. The van der Waals surface area contributed by atoms with Crippen molar-refractivity contribution in [3.05, 3.63) is 29.8 Å². The highest BCUT2D eigenvalue weighted by Gasteiger charge is 2.21. The van der Waals surface area contributed by atoms with Crippen molar-refractivity contribution in [2.24, 2.45) is 0 Å². The third kappa shape index (κ3) is 4.34. The number of carbonyl (C=O) groups is 1. The first-order valence-electron chi connectivity index (χ1n) is 5.31. The van der Waals surface area contributed by atoms with E-state index in [4.69, 9.17) is 5.11 Å². The number of alkyl halides is 2. The summed E-state index contributed by atoms with van der Waals surface area (Å²) in [6.07, 6.45) is -5.11. The van der Waals surface area contributed by atoms with Gasteiger partial charge in [-0.2, -0.15) is 0 Å². The van der Waals surface area contributed by atoms with E-state index in [0.29, 0.717) is 0 Å². The fourth-order valence-electron chi connectivity index (χ4n) is 1.25. The minimum atomic E-state index is -4.04. The molecule has 0 radical (unpaired) electrons. The molecule has 19 heavy (non-hydrogen) atoms. The molecule has 0 heterocycles. The second kappa shape index (κ2) is 6.18. The lowest BCUT2D eigenvalue weighted by Gasteiger charge is -2.11. The molecule has 0 aliphatic heterocycles. The van der Waals surface area contributed by atoms with Gasteiger partial charge >= 0.3 is 0 Å². The lowest BCUT2D eigenvalue weighted by molar-refractivity contribution is -0.000451. The Morgan fingerprint density at radius 2 is 2.05 bits per heavy atom. The van der Waals surface area contributed by atoms with E-state index in [1.807, 2.05) is 4.72 Å². The maximum atomic E-state index is 12.0. The van der Waals surface area contributed by atoms with E-state index < -0.39 is 29.1 Å². The molecule has 2 N–H and O–H groups in total. The summed E-state index contributed by atoms with van der Waals surface area (Å²) in [6, 6.07) is 5.17. The SMILES string of the molecule is CC(=O)c1cccc(S(=O)(=O)NCC(O)C(F)F)c1. The fourth-order valence-corrected chi connectivity index (χ4v) is 2.35. The number of nitrogens with one attached hydrogen (secondary N) is 1. The molecule has 1 unspecified atom stereocenters. The third-order valence-corrected chi connectivity index (χ3v) is 3.75. The maximum absolute atomic E-state index is 12.0. The molecule has 0 saturated carbocycles. The molecule has 1 atom stereocenters. The van der Waals surface area contributed by atoms with Gasteiger partial charge in [0.05, 0.1) is 4.90 Å². The summed E-state index contributed by atoms with van der Waals surface area (Å²) in [7, 11) is -4.04. The molecule has 5 nitrogen and oxygen atoms in total. The number of benzene rings is 1. The molecule has 0 amide bonds. The van der Waals surface area contributed by atoms with Gasteiger partial charge < -0.3 is 5.11 Å². The normalized spacial score (nSPS) is 13.5. The Morgan fingerprint density at radius 1 is 1.42 bits per heavy atom. The van der Waals surface area contributed by atoms with Crippen LogP contribution in [0.1, 0.15) is 17.3 Å². The van der Waals surface area contributed by atoms with Gasteiger partial charge in [-0.05, 0) is 19.1 Å². The number of Topliss-reactive ketones (excluding diaryl/α,β-unsaturated/α-hetero) is 1. The lowest BCUT2D eigenvalue weighted by Crippen LogP contribution is -2.35. The van der Waals surface area contributed by atoms with Gasteiger partial charge in [0.1, 0.15) is 6.10 Å². The van der Waals surface area contributed by atoms with Crippen LogP contribution in [-0.4, -0.2) is 38.4 Å². The summed E-state index contributed by atoms with van der Waals surface area (Å²) in [5.74, 6) is -0.315. The third-order valence-electron chi connectivity index (χ3n) is 2.32. The molecule has 0 spiro atoms. The Hall–Kier alpha value is -1.38. The molecular formula is C11H13F2NO4S. The van der Waals surface area contributed by atoms with E-state index in [0.717, 1.165) is 6.07 Å². The van der Waals surface area contributed by atoms with E-state index in [-0.39, 0.29) is 16.2 Å². The summed E-state index contributed by atoms with van der Waals surface area (Å²) in [6.45, 7) is 0.476. The first kappa shape index (κ1) is 15.7. The zero-order valence-electron chi connectivity index (χ0n) is 10.0. The summed E-state index contributed by atoms with van der Waals surface area (Å²) in [5, 5.41) is 8.85. The van der Waals surface area contributed by atoms with E-state index in [2.05, 4.69) is 0 Å². The van der Waals surface area contributed by atoms with Crippen LogP contribution in [0.4, 0.5) is 8.78 Å². The topological polar surface area (TPSA) is 83.5 Å². The zero-order chi connectivity index (χ0) is 14.6. The van der Waals surface area contributed by atoms with Crippen LogP contribution >= 0.6 is 0 Å². The maximum Gasteiger partial charge on any atom is 0.265 e. The van der Waals surface area contributed by atoms with Crippen LogP contribution in [0.25, 0.3) is 0 Å². The van der Waals surface area contributed by atoms with Crippen LogP contribution in [-0.2, 0) is 10.0 Å². The quantitative estimate of drug-likeness (QED) is 0.760. The Bertz CT molecular complexity index is 560. The van der Waals surface area contributed by atoms with Crippen LogP contribution in [0.3, 0.4) is 0 Å². The van der Waals surface area contributed by atoms with Crippen molar-refractivity contribution in [3.8, 4) is 0 Å². The molecule has 1 rings (SSSR count). The Kier molecular flexibility index (Phi) is 5.10. The standard InChI is InChI=1S/C11H13F2NO4S/c1-7(15)8-3-2-4-9(5-8)19(17,18)14-6-10(16)11(12)13/h2-5,10-11,14,16H,6H2,1H3. The van der Waals surface area contributed by atoms with Gasteiger partial charge in [0.25, 0.3) is 6.43 Å². The molecule has 1 aromatic rings. The number of ketones is 1. The van der Waals surface area contributed by atoms with Gasteiger partial charge in [-0.1, -0.05) is 12.1 Å². The average Bonchev–Trinajstić information content (AvgIpc) is 2.36. The molecule has 0 aliphatic rings. The van der Waals surface area contributed by atoms with E-state index in [1.54, 1.807) is 0 Å². The number of halogens is 2. The molecule has 8 heteroatoms. The molecule has 1 aromatic carbocycles. The van der Waals surface area contributed by atoms with Crippen LogP contribution in [0.2, 0.25) is 0 Å². The highest BCUT2D eigenvalue weighted by molar-refractivity contribution is 7.89. The smallest absolute Gasteiger partial charge is 0.265 e. The molecule has 0 aliphatic carbocycles. The molecule has 0 bridgehead atoms. The van der Waals surface area contributed by atoms with Crippen LogP contribution in [0.15, 0.2) is 29.2 Å². The Labute approximate surface area is 109 Å². The van der Waals surface area contributed by atoms with Crippen molar-refractivity contribution in [2.45, 2.75) is 24.3 Å². The predicted octanol–water partition coefficient (Wildman–Crippen LogP) is 0.794. The highest BCUT2D eigenvalue weighted by atomic mass is 32.2. The van der Waals surface area contributed by atoms with Crippen LogP contribution in [0.5, 0.6) is 0 Å². The molecule has 0 aromatic heterocycles. The largest absolute Gasteiger partial charge is 0.386 e. The monoisotopic (exact) mass is 293 g/mol. The van der Waals surface area contributed by atoms with Crippen LogP contribution in [0, 0.1) is 0 Å². The summed E-state index contributed by atoms with van der Waals surface area (Å²) < 4.78 is 49.5. The number of carbonyl (C=O) groups excluding carboxylic acids is 1. The minimum absolute atomic E-state index is 0.192. The molecule has 0 fully saturated rings. The van der Waals surface area contributed by atoms with Crippen LogP contribution < -0.4 is 4.72 Å². The van der Waals surface area contributed by atoms with Crippen molar-refractivity contribution in [2.75, 3.05) is 6.54 Å².